The summed E-state index contributed by atoms with van der Waals surface area (Å²) in [5.74, 6) is -1.11. The van der Waals surface area contributed by atoms with Crippen LogP contribution in [0.4, 0.5) is 24.7 Å². The van der Waals surface area contributed by atoms with Crippen LogP contribution < -0.4 is 11.1 Å². The fourth-order valence-corrected chi connectivity index (χ4v) is 4.34. The number of carbonyl (C=O) groups is 1. The van der Waals surface area contributed by atoms with Crippen LogP contribution in [-0.4, -0.2) is 43.8 Å². The van der Waals surface area contributed by atoms with Crippen LogP contribution in [0.3, 0.4) is 0 Å². The quantitative estimate of drug-likeness (QED) is 0.500. The van der Waals surface area contributed by atoms with Crippen molar-refractivity contribution in [2.45, 2.75) is 69.4 Å². The van der Waals surface area contributed by atoms with E-state index in [0.717, 1.165) is 0 Å². The summed E-state index contributed by atoms with van der Waals surface area (Å²) < 4.78 is 40.6. The number of halogens is 3. The number of aromatic nitrogens is 2. The zero-order chi connectivity index (χ0) is 25.5. The lowest BCUT2D eigenvalue weighted by atomic mass is 9.77. The Labute approximate surface area is 195 Å². The predicted molar refractivity (Wildman–Crippen MR) is 118 cm³/mol. The summed E-state index contributed by atoms with van der Waals surface area (Å²) in [6.07, 6.45) is -4.64. The van der Waals surface area contributed by atoms with E-state index in [1.165, 1.54) is 49.0 Å². The molecule has 1 aliphatic carbocycles. The first-order valence-electron chi connectivity index (χ1n) is 10.8. The predicted octanol–water partition coefficient (Wildman–Crippen LogP) is 3.54. The number of hydrogen-bond donors (Lipinski definition) is 4. The molecule has 0 bridgehead atoms. The summed E-state index contributed by atoms with van der Waals surface area (Å²) >= 11 is 0. The average Bonchev–Trinajstić information content (AvgIpc) is 3.16. The first-order valence-corrected chi connectivity index (χ1v) is 10.8. The molecule has 1 amide bonds. The molecule has 1 aromatic carbocycles. The zero-order valence-electron chi connectivity index (χ0n) is 19.1. The van der Waals surface area contributed by atoms with E-state index in [2.05, 4.69) is 16.5 Å². The second-order valence-electron chi connectivity index (χ2n) is 9.65. The molecule has 34 heavy (non-hydrogen) atoms. The Morgan fingerprint density at radius 3 is 2.50 bits per heavy atom. The van der Waals surface area contributed by atoms with Crippen molar-refractivity contribution >= 4 is 17.4 Å². The molecular weight excluding hydrogens is 451 g/mol. The molecule has 4 atom stereocenters. The van der Waals surface area contributed by atoms with E-state index in [9.17, 15) is 33.4 Å². The third kappa shape index (κ3) is 5.18. The number of nitrogens with one attached hydrogen (secondary N) is 1. The number of nitrogens with zero attached hydrogens (tertiary/aromatic N) is 3. The van der Waals surface area contributed by atoms with E-state index in [4.69, 9.17) is 5.73 Å². The smallest absolute Gasteiger partial charge is 0.390 e. The van der Waals surface area contributed by atoms with Crippen LogP contribution in [-0.2, 0) is 5.41 Å². The Bertz CT molecular complexity index is 1090. The van der Waals surface area contributed by atoms with E-state index < -0.39 is 35.1 Å². The van der Waals surface area contributed by atoms with Crippen molar-refractivity contribution < 1.29 is 28.2 Å². The lowest BCUT2D eigenvalue weighted by molar-refractivity contribution is -0.221. The van der Waals surface area contributed by atoms with Crippen LogP contribution in [0.25, 0.3) is 0 Å². The molecule has 1 saturated carbocycles. The van der Waals surface area contributed by atoms with Crippen LogP contribution in [0.2, 0.25) is 0 Å². The maximum absolute atomic E-state index is 13.0. The molecule has 1 fully saturated rings. The van der Waals surface area contributed by atoms with Crippen LogP contribution in [0.5, 0.6) is 0 Å². The number of aliphatic hydroxyl groups is 2. The fraction of sp³-hybridized carbons (Fsp3) is 0.522. The first kappa shape index (κ1) is 25.5. The number of alkyl halides is 3. The number of hydrogen-bond acceptors (Lipinski definition) is 6. The number of benzene rings is 1. The number of nitriles is 1. The lowest BCUT2D eigenvalue weighted by Crippen LogP contribution is -2.44. The topological polar surface area (TPSA) is 137 Å². The molecule has 8 nitrogen and oxygen atoms in total. The summed E-state index contributed by atoms with van der Waals surface area (Å²) in [6.45, 7) is 4.28. The Morgan fingerprint density at radius 1 is 1.35 bits per heavy atom. The van der Waals surface area contributed by atoms with Gasteiger partial charge < -0.3 is 21.3 Å². The minimum atomic E-state index is -4.77. The normalized spacial score (nSPS) is 24.3. The highest BCUT2D eigenvalue weighted by molar-refractivity contribution is 5.98. The van der Waals surface area contributed by atoms with E-state index >= 15 is 0 Å². The average molecular weight is 480 g/mol. The standard InChI is InChI=1S/C23H28F3N5O3/c1-21(2,20(33)23(24,25)26)14-4-6-15(7-5-14)29-19-16(18(28)32)12-31(30-19)17-8-9-22(3,34)10-13(17)11-27/h4-7,12-13,17,20,33-34H,8-10H2,1-3H3,(H2,28,32)(H,29,30)/t13-,17?,20?,22+/m1/s1. The van der Waals surface area contributed by atoms with Gasteiger partial charge in [-0.25, -0.2) is 0 Å². The Kier molecular flexibility index (Phi) is 6.70. The van der Waals surface area contributed by atoms with Gasteiger partial charge in [-0.05, 0) is 43.9 Å². The van der Waals surface area contributed by atoms with Crippen molar-refractivity contribution in [3.63, 3.8) is 0 Å². The molecule has 0 spiro atoms. The number of amides is 1. The number of carbonyl (C=O) groups excluding carboxylic acids is 1. The van der Waals surface area contributed by atoms with E-state index in [0.29, 0.717) is 18.5 Å². The van der Waals surface area contributed by atoms with E-state index in [1.807, 2.05) is 0 Å². The molecular formula is C23H28F3N5O3. The molecule has 11 heteroatoms. The SMILES string of the molecule is CC(C)(c1ccc(Nc2nn(C3CC[C@](C)(O)C[C@@H]3C#N)cc2C(N)=O)cc1)C(O)C(F)(F)F. The number of nitrogens with two attached hydrogens (primary N) is 1. The van der Waals surface area contributed by atoms with Gasteiger partial charge in [0.05, 0.1) is 23.6 Å². The monoisotopic (exact) mass is 479 g/mol. The largest absolute Gasteiger partial charge is 0.415 e. The Balaban J connectivity index is 1.85. The Morgan fingerprint density at radius 2 is 1.97 bits per heavy atom. The summed E-state index contributed by atoms with van der Waals surface area (Å²) in [5.41, 5.74) is 3.78. The molecule has 0 radical (unpaired) electrons. The van der Waals surface area contributed by atoms with Crippen molar-refractivity contribution in [2.75, 3.05) is 5.32 Å². The number of anilines is 2. The van der Waals surface area contributed by atoms with Crippen LogP contribution in [0, 0.1) is 17.2 Å². The lowest BCUT2D eigenvalue weighted by Gasteiger charge is -2.36. The van der Waals surface area contributed by atoms with Crippen molar-refractivity contribution in [1.29, 1.82) is 5.26 Å². The summed E-state index contributed by atoms with van der Waals surface area (Å²) in [4.78, 5) is 12.0. The molecule has 5 N–H and O–H groups in total. The van der Waals surface area contributed by atoms with Gasteiger partial charge in [-0.1, -0.05) is 26.0 Å². The summed E-state index contributed by atoms with van der Waals surface area (Å²) in [6, 6.07) is 7.77. The number of aliphatic hydroxyl groups excluding tert-OH is 1. The summed E-state index contributed by atoms with van der Waals surface area (Å²) in [7, 11) is 0. The fourth-order valence-electron chi connectivity index (χ4n) is 4.34. The third-order valence-corrected chi connectivity index (χ3v) is 6.49. The minimum Gasteiger partial charge on any atom is -0.390 e. The third-order valence-electron chi connectivity index (χ3n) is 6.49. The maximum atomic E-state index is 13.0. The van der Waals surface area contributed by atoms with Gasteiger partial charge in [0.25, 0.3) is 5.91 Å². The van der Waals surface area contributed by atoms with Gasteiger partial charge in [-0.15, -0.1) is 0 Å². The molecule has 1 heterocycles. The molecule has 2 unspecified atom stereocenters. The van der Waals surface area contributed by atoms with Gasteiger partial charge in [0.2, 0.25) is 0 Å². The van der Waals surface area contributed by atoms with Crippen LogP contribution in [0.15, 0.2) is 30.5 Å². The Hall–Kier alpha value is -3.10. The maximum Gasteiger partial charge on any atom is 0.415 e. The first-order chi connectivity index (χ1) is 15.7. The van der Waals surface area contributed by atoms with Crippen LogP contribution in [0.1, 0.15) is 62.0 Å². The van der Waals surface area contributed by atoms with Crippen molar-refractivity contribution in [1.82, 2.24) is 9.78 Å². The van der Waals surface area contributed by atoms with Gasteiger partial charge in [0.15, 0.2) is 11.9 Å². The van der Waals surface area contributed by atoms with Gasteiger partial charge in [-0.2, -0.15) is 23.5 Å². The highest BCUT2D eigenvalue weighted by atomic mass is 19.4. The molecule has 1 aliphatic rings. The summed E-state index contributed by atoms with van der Waals surface area (Å²) in [5, 5.41) is 36.9. The van der Waals surface area contributed by atoms with E-state index in [1.54, 1.807) is 6.92 Å². The molecule has 1 aromatic heterocycles. The highest BCUT2D eigenvalue weighted by Crippen LogP contribution is 2.40. The molecule has 2 aromatic rings. The van der Waals surface area contributed by atoms with E-state index in [-0.39, 0.29) is 29.4 Å². The van der Waals surface area contributed by atoms with Gasteiger partial charge in [0, 0.05) is 17.3 Å². The van der Waals surface area contributed by atoms with Crippen molar-refractivity contribution in [3.8, 4) is 6.07 Å². The molecule has 3 rings (SSSR count). The van der Waals surface area contributed by atoms with Crippen molar-refractivity contribution in [2.24, 2.45) is 11.7 Å². The second-order valence-corrected chi connectivity index (χ2v) is 9.65. The zero-order valence-corrected chi connectivity index (χ0v) is 19.1. The highest BCUT2D eigenvalue weighted by Gasteiger charge is 2.48. The van der Waals surface area contributed by atoms with Crippen molar-refractivity contribution in [3.05, 3.63) is 41.6 Å². The minimum absolute atomic E-state index is 0.0888. The number of rotatable bonds is 6. The van der Waals surface area contributed by atoms with Gasteiger partial charge in [0.1, 0.15) is 5.56 Å². The van der Waals surface area contributed by atoms with Crippen LogP contribution >= 0.6 is 0 Å². The second kappa shape index (κ2) is 8.92. The molecule has 0 saturated heterocycles. The van der Waals surface area contributed by atoms with Gasteiger partial charge >= 0.3 is 6.18 Å². The number of primary amides is 1. The molecule has 0 aliphatic heterocycles. The molecule has 184 valence electrons. The van der Waals surface area contributed by atoms with Gasteiger partial charge in [-0.3, -0.25) is 9.48 Å².